The van der Waals surface area contributed by atoms with Crippen LogP contribution in [0.4, 0.5) is 4.79 Å². The molecule has 0 aromatic rings. The van der Waals surface area contributed by atoms with Gasteiger partial charge in [-0.3, -0.25) is 4.79 Å². The van der Waals surface area contributed by atoms with Crippen molar-refractivity contribution >= 4 is 11.9 Å². The maximum atomic E-state index is 12.5. The van der Waals surface area contributed by atoms with Crippen LogP contribution >= 0.6 is 0 Å². The average Bonchev–Trinajstić information content (AvgIpc) is 2.68. The van der Waals surface area contributed by atoms with Gasteiger partial charge in [-0.2, -0.15) is 0 Å². The maximum absolute atomic E-state index is 12.5. The summed E-state index contributed by atoms with van der Waals surface area (Å²) in [6.07, 6.45) is 12.1. The molecule has 1 aliphatic carbocycles. The van der Waals surface area contributed by atoms with E-state index in [1.165, 1.54) is 38.5 Å². The molecule has 0 spiro atoms. The van der Waals surface area contributed by atoms with Crippen LogP contribution in [-0.2, 0) is 4.79 Å². The fourth-order valence-corrected chi connectivity index (χ4v) is 5.01. The number of nitrogens with two attached hydrogens (primary N) is 1. The molecule has 3 amide bonds. The van der Waals surface area contributed by atoms with Gasteiger partial charge in [0.2, 0.25) is 5.91 Å². The minimum Gasteiger partial charge on any atom is -0.351 e. The number of likely N-dealkylation sites (tertiary alicyclic amines) is 2. The van der Waals surface area contributed by atoms with Crippen LogP contribution in [-0.4, -0.2) is 71.4 Å². The van der Waals surface area contributed by atoms with Crippen molar-refractivity contribution in [1.29, 1.82) is 0 Å². The standard InChI is InChI=1S/C20H36N4O2/c21-20(26)24(17-7-3-1-4-8-17)18-9-15-23(16-10-18)19(25)11-14-22-12-5-2-6-13-22/h17-18H,1-16H2,(H2,21,26). The van der Waals surface area contributed by atoms with E-state index in [-0.39, 0.29) is 18.0 Å². The average molecular weight is 365 g/mol. The highest BCUT2D eigenvalue weighted by Crippen LogP contribution is 2.27. The van der Waals surface area contributed by atoms with Crippen LogP contribution in [0.3, 0.4) is 0 Å². The second kappa shape index (κ2) is 9.58. The van der Waals surface area contributed by atoms with Crippen molar-refractivity contribution in [2.45, 2.75) is 82.7 Å². The third-order valence-electron chi connectivity index (χ3n) is 6.52. The zero-order chi connectivity index (χ0) is 18.4. The summed E-state index contributed by atoms with van der Waals surface area (Å²) in [6.45, 7) is 4.71. The predicted octanol–water partition coefficient (Wildman–Crippen LogP) is 2.57. The lowest BCUT2D eigenvalue weighted by Crippen LogP contribution is -2.54. The summed E-state index contributed by atoms with van der Waals surface area (Å²) in [7, 11) is 0. The van der Waals surface area contributed by atoms with Gasteiger partial charge in [0.15, 0.2) is 0 Å². The first-order valence-corrected chi connectivity index (χ1v) is 10.7. The van der Waals surface area contributed by atoms with Crippen molar-refractivity contribution in [3.63, 3.8) is 0 Å². The molecule has 6 nitrogen and oxygen atoms in total. The molecule has 3 aliphatic rings. The number of amides is 3. The highest BCUT2D eigenvalue weighted by Gasteiger charge is 2.33. The normalized spacial score (nSPS) is 23.8. The highest BCUT2D eigenvalue weighted by molar-refractivity contribution is 5.76. The van der Waals surface area contributed by atoms with Crippen LogP contribution in [0.2, 0.25) is 0 Å². The summed E-state index contributed by atoms with van der Waals surface area (Å²) in [6, 6.07) is 0.251. The number of urea groups is 1. The molecule has 0 bridgehead atoms. The summed E-state index contributed by atoms with van der Waals surface area (Å²) in [5.41, 5.74) is 5.72. The SMILES string of the molecule is NC(=O)N(C1CCCCC1)C1CCN(C(=O)CCN2CCCCC2)CC1. The van der Waals surface area contributed by atoms with Crippen LogP contribution < -0.4 is 5.73 Å². The topological polar surface area (TPSA) is 69.9 Å². The quantitative estimate of drug-likeness (QED) is 0.815. The van der Waals surface area contributed by atoms with Crippen LogP contribution in [0.5, 0.6) is 0 Å². The third kappa shape index (κ3) is 5.12. The van der Waals surface area contributed by atoms with E-state index >= 15 is 0 Å². The van der Waals surface area contributed by atoms with Crippen molar-refractivity contribution in [2.75, 3.05) is 32.7 Å². The number of piperidine rings is 2. The molecule has 2 saturated heterocycles. The second-order valence-electron chi connectivity index (χ2n) is 8.30. The molecule has 0 unspecified atom stereocenters. The lowest BCUT2D eigenvalue weighted by Gasteiger charge is -2.43. The van der Waals surface area contributed by atoms with Gasteiger partial charge in [0.1, 0.15) is 0 Å². The van der Waals surface area contributed by atoms with Gasteiger partial charge in [0.05, 0.1) is 0 Å². The molecular weight excluding hydrogens is 328 g/mol. The first-order chi connectivity index (χ1) is 12.6. The van der Waals surface area contributed by atoms with Crippen molar-refractivity contribution in [3.05, 3.63) is 0 Å². The van der Waals surface area contributed by atoms with Gasteiger partial charge in [-0.05, 0) is 51.6 Å². The minimum atomic E-state index is -0.272. The van der Waals surface area contributed by atoms with Crippen molar-refractivity contribution < 1.29 is 9.59 Å². The van der Waals surface area contributed by atoms with E-state index in [0.29, 0.717) is 12.5 Å². The molecule has 2 aliphatic heterocycles. The van der Waals surface area contributed by atoms with Gasteiger partial charge in [0.25, 0.3) is 0 Å². The zero-order valence-corrected chi connectivity index (χ0v) is 16.2. The zero-order valence-electron chi connectivity index (χ0n) is 16.2. The first-order valence-electron chi connectivity index (χ1n) is 10.7. The molecule has 2 N–H and O–H groups in total. The van der Waals surface area contributed by atoms with E-state index in [9.17, 15) is 9.59 Å². The van der Waals surface area contributed by atoms with E-state index < -0.39 is 0 Å². The van der Waals surface area contributed by atoms with Crippen LogP contribution in [0.15, 0.2) is 0 Å². The summed E-state index contributed by atoms with van der Waals surface area (Å²) >= 11 is 0. The van der Waals surface area contributed by atoms with Crippen LogP contribution in [0.25, 0.3) is 0 Å². The molecule has 0 aromatic carbocycles. The Hall–Kier alpha value is -1.30. The Bertz CT molecular complexity index is 464. The first kappa shape index (κ1) is 19.5. The fourth-order valence-electron chi connectivity index (χ4n) is 5.01. The monoisotopic (exact) mass is 364 g/mol. The number of nitrogens with zero attached hydrogens (tertiary/aromatic N) is 3. The lowest BCUT2D eigenvalue weighted by molar-refractivity contribution is -0.133. The molecule has 2 heterocycles. The van der Waals surface area contributed by atoms with E-state index in [0.717, 1.165) is 58.4 Å². The molecule has 0 aromatic heterocycles. The molecule has 3 rings (SSSR count). The highest BCUT2D eigenvalue weighted by atomic mass is 16.2. The number of primary amides is 1. The Morgan fingerprint density at radius 2 is 1.38 bits per heavy atom. The number of hydrogen-bond donors (Lipinski definition) is 1. The number of hydrogen-bond acceptors (Lipinski definition) is 3. The van der Waals surface area contributed by atoms with Gasteiger partial charge in [0, 0.05) is 38.1 Å². The number of rotatable bonds is 5. The molecule has 1 saturated carbocycles. The molecule has 3 fully saturated rings. The smallest absolute Gasteiger partial charge is 0.315 e. The van der Waals surface area contributed by atoms with Crippen LogP contribution in [0.1, 0.15) is 70.6 Å². The van der Waals surface area contributed by atoms with Gasteiger partial charge < -0.3 is 20.4 Å². The van der Waals surface area contributed by atoms with E-state index in [4.69, 9.17) is 5.73 Å². The third-order valence-corrected chi connectivity index (χ3v) is 6.52. The fraction of sp³-hybridized carbons (Fsp3) is 0.900. The molecule has 0 atom stereocenters. The van der Waals surface area contributed by atoms with Crippen molar-refractivity contribution in [3.8, 4) is 0 Å². The molecule has 26 heavy (non-hydrogen) atoms. The van der Waals surface area contributed by atoms with Crippen molar-refractivity contribution in [2.24, 2.45) is 5.73 Å². The van der Waals surface area contributed by atoms with Gasteiger partial charge in [-0.1, -0.05) is 25.7 Å². The minimum absolute atomic E-state index is 0.210. The predicted molar refractivity (Wildman–Crippen MR) is 103 cm³/mol. The second-order valence-corrected chi connectivity index (χ2v) is 8.30. The molecular formula is C20H36N4O2. The Kier molecular flexibility index (Phi) is 7.17. The lowest BCUT2D eigenvalue weighted by atomic mass is 9.91. The number of carbonyl (C=O) groups excluding carboxylic acids is 2. The van der Waals surface area contributed by atoms with E-state index in [1.54, 1.807) is 0 Å². The van der Waals surface area contributed by atoms with Gasteiger partial charge in [-0.25, -0.2) is 4.79 Å². The van der Waals surface area contributed by atoms with E-state index in [1.807, 2.05) is 9.80 Å². The summed E-state index contributed by atoms with van der Waals surface area (Å²) in [4.78, 5) is 31.0. The Morgan fingerprint density at radius 1 is 0.808 bits per heavy atom. The Labute approximate surface area is 158 Å². The Balaban J connectivity index is 1.44. The van der Waals surface area contributed by atoms with E-state index in [2.05, 4.69) is 4.90 Å². The molecule has 148 valence electrons. The maximum Gasteiger partial charge on any atom is 0.315 e. The summed E-state index contributed by atoms with van der Waals surface area (Å²) in [5, 5.41) is 0. The Morgan fingerprint density at radius 3 is 2.00 bits per heavy atom. The summed E-state index contributed by atoms with van der Waals surface area (Å²) in [5.74, 6) is 0.275. The largest absolute Gasteiger partial charge is 0.351 e. The summed E-state index contributed by atoms with van der Waals surface area (Å²) < 4.78 is 0. The van der Waals surface area contributed by atoms with Gasteiger partial charge >= 0.3 is 6.03 Å². The van der Waals surface area contributed by atoms with Gasteiger partial charge in [-0.15, -0.1) is 0 Å². The van der Waals surface area contributed by atoms with Crippen molar-refractivity contribution in [1.82, 2.24) is 14.7 Å². The van der Waals surface area contributed by atoms with Crippen LogP contribution in [0, 0.1) is 0 Å². The molecule has 6 heteroatoms. The number of carbonyl (C=O) groups is 2. The molecule has 0 radical (unpaired) electrons.